The van der Waals surface area contributed by atoms with Crippen LogP contribution >= 0.6 is 11.3 Å². The number of methoxy groups -OCH3 is 1. The van der Waals surface area contributed by atoms with Crippen molar-refractivity contribution >= 4 is 11.3 Å². The zero-order chi connectivity index (χ0) is 13.8. The fourth-order valence-corrected chi connectivity index (χ4v) is 2.36. The van der Waals surface area contributed by atoms with E-state index in [1.54, 1.807) is 18.4 Å². The van der Waals surface area contributed by atoms with Crippen molar-refractivity contribution in [3.05, 3.63) is 22.4 Å². The third-order valence-corrected chi connectivity index (χ3v) is 3.40. The summed E-state index contributed by atoms with van der Waals surface area (Å²) in [5.41, 5.74) is 1.40. The van der Waals surface area contributed by atoms with Crippen molar-refractivity contribution in [3.8, 4) is 0 Å². The highest BCUT2D eigenvalue weighted by Gasteiger charge is 2.02. The monoisotopic (exact) mass is 287 g/mol. The predicted molar refractivity (Wildman–Crippen MR) is 79.0 cm³/mol. The van der Waals surface area contributed by atoms with E-state index in [2.05, 4.69) is 29.1 Å². The molecule has 1 aromatic rings. The van der Waals surface area contributed by atoms with Crippen molar-refractivity contribution in [1.82, 2.24) is 5.32 Å². The summed E-state index contributed by atoms with van der Waals surface area (Å²) < 4.78 is 15.7. The summed E-state index contributed by atoms with van der Waals surface area (Å²) in [4.78, 5) is 0. The summed E-state index contributed by atoms with van der Waals surface area (Å²) in [6.45, 7) is 6.35. The van der Waals surface area contributed by atoms with Crippen LogP contribution in [0.2, 0.25) is 0 Å². The van der Waals surface area contributed by atoms with E-state index in [-0.39, 0.29) is 0 Å². The van der Waals surface area contributed by atoms with E-state index < -0.39 is 0 Å². The maximum Gasteiger partial charge on any atom is 0.0701 e. The van der Waals surface area contributed by atoms with Crippen LogP contribution in [-0.4, -0.2) is 52.7 Å². The first-order valence-corrected chi connectivity index (χ1v) is 7.66. The van der Waals surface area contributed by atoms with Gasteiger partial charge in [-0.3, -0.25) is 0 Å². The molecule has 0 spiro atoms. The van der Waals surface area contributed by atoms with E-state index in [9.17, 15) is 0 Å². The van der Waals surface area contributed by atoms with Crippen LogP contribution in [0.5, 0.6) is 0 Å². The lowest BCUT2D eigenvalue weighted by molar-refractivity contribution is 0.0253. The fourth-order valence-electron chi connectivity index (χ4n) is 1.68. The van der Waals surface area contributed by atoms with Gasteiger partial charge in [0.1, 0.15) is 0 Å². The quantitative estimate of drug-likeness (QED) is 0.597. The van der Waals surface area contributed by atoms with Gasteiger partial charge in [-0.25, -0.2) is 0 Å². The average molecular weight is 287 g/mol. The molecule has 5 heteroatoms. The molecule has 19 heavy (non-hydrogen) atoms. The zero-order valence-corrected chi connectivity index (χ0v) is 12.7. The highest BCUT2D eigenvalue weighted by molar-refractivity contribution is 7.07. The molecule has 1 aromatic heterocycles. The second-order valence-corrected chi connectivity index (χ2v) is 5.19. The van der Waals surface area contributed by atoms with E-state index in [0.717, 1.165) is 19.6 Å². The summed E-state index contributed by atoms with van der Waals surface area (Å²) in [5, 5.41) is 7.77. The normalized spacial score (nSPS) is 12.7. The number of rotatable bonds is 12. The van der Waals surface area contributed by atoms with Crippen LogP contribution in [0.25, 0.3) is 0 Å². The number of hydrogen-bond acceptors (Lipinski definition) is 5. The number of thiophene rings is 1. The Kier molecular flexibility index (Phi) is 9.93. The number of nitrogens with one attached hydrogen (secondary N) is 1. The van der Waals surface area contributed by atoms with Crippen LogP contribution < -0.4 is 5.32 Å². The van der Waals surface area contributed by atoms with E-state index in [1.165, 1.54) is 5.56 Å². The number of hydrogen-bond donors (Lipinski definition) is 1. The van der Waals surface area contributed by atoms with Gasteiger partial charge >= 0.3 is 0 Å². The Labute approximate surface area is 120 Å². The molecule has 0 aliphatic rings. The standard InChI is InChI=1S/C14H25NO3S/c1-13(11-14-3-10-19-12-14)15-4-5-17-8-9-18-7-6-16-2/h3,10,12-13,15H,4-9,11H2,1-2H3. The summed E-state index contributed by atoms with van der Waals surface area (Å²) in [5.74, 6) is 0. The molecule has 4 nitrogen and oxygen atoms in total. The molecule has 0 fully saturated rings. The molecule has 1 rings (SSSR count). The summed E-state index contributed by atoms with van der Waals surface area (Å²) in [6, 6.07) is 2.66. The Morgan fingerprint density at radius 2 is 1.89 bits per heavy atom. The van der Waals surface area contributed by atoms with Crippen LogP contribution in [0.3, 0.4) is 0 Å². The molecule has 1 unspecified atom stereocenters. The van der Waals surface area contributed by atoms with Gasteiger partial charge in [0.2, 0.25) is 0 Å². The first kappa shape index (κ1) is 16.6. The van der Waals surface area contributed by atoms with Crippen molar-refractivity contribution in [2.45, 2.75) is 19.4 Å². The van der Waals surface area contributed by atoms with Gasteiger partial charge in [-0.05, 0) is 35.7 Å². The van der Waals surface area contributed by atoms with Crippen LogP contribution in [0.15, 0.2) is 16.8 Å². The molecule has 1 N–H and O–H groups in total. The number of ether oxygens (including phenoxy) is 3. The maximum atomic E-state index is 5.47. The van der Waals surface area contributed by atoms with Crippen LogP contribution in [0.1, 0.15) is 12.5 Å². The molecule has 0 saturated heterocycles. The second kappa shape index (κ2) is 11.4. The maximum absolute atomic E-state index is 5.47. The van der Waals surface area contributed by atoms with Gasteiger partial charge in [-0.2, -0.15) is 11.3 Å². The third kappa shape index (κ3) is 9.13. The van der Waals surface area contributed by atoms with E-state index in [1.807, 2.05) is 0 Å². The first-order chi connectivity index (χ1) is 9.33. The minimum absolute atomic E-state index is 0.483. The van der Waals surface area contributed by atoms with Gasteiger partial charge in [0.05, 0.1) is 33.0 Å². The van der Waals surface area contributed by atoms with Crippen molar-refractivity contribution in [3.63, 3.8) is 0 Å². The Balaban J connectivity index is 1.85. The Bertz CT molecular complexity index is 293. The minimum Gasteiger partial charge on any atom is -0.382 e. The van der Waals surface area contributed by atoms with Gasteiger partial charge in [0.15, 0.2) is 0 Å². The molecular weight excluding hydrogens is 262 g/mol. The molecule has 1 atom stereocenters. The Morgan fingerprint density at radius 1 is 1.16 bits per heavy atom. The molecule has 110 valence electrons. The highest BCUT2D eigenvalue weighted by Crippen LogP contribution is 2.08. The van der Waals surface area contributed by atoms with Gasteiger partial charge in [0, 0.05) is 19.7 Å². The largest absolute Gasteiger partial charge is 0.382 e. The van der Waals surface area contributed by atoms with Gasteiger partial charge in [0.25, 0.3) is 0 Å². The third-order valence-electron chi connectivity index (χ3n) is 2.66. The summed E-state index contributed by atoms with van der Waals surface area (Å²) in [7, 11) is 1.67. The van der Waals surface area contributed by atoms with Crippen molar-refractivity contribution in [2.24, 2.45) is 0 Å². The zero-order valence-electron chi connectivity index (χ0n) is 11.9. The average Bonchev–Trinajstić information content (AvgIpc) is 2.89. The van der Waals surface area contributed by atoms with Crippen molar-refractivity contribution in [1.29, 1.82) is 0 Å². The van der Waals surface area contributed by atoms with Crippen molar-refractivity contribution in [2.75, 3.05) is 46.7 Å². The molecule has 0 bridgehead atoms. The van der Waals surface area contributed by atoms with Gasteiger partial charge in [-0.1, -0.05) is 0 Å². The molecular formula is C14H25NO3S. The SMILES string of the molecule is COCCOCCOCCNC(C)Cc1ccsc1. The van der Waals surface area contributed by atoms with Crippen LogP contribution in [0.4, 0.5) is 0 Å². The smallest absolute Gasteiger partial charge is 0.0701 e. The van der Waals surface area contributed by atoms with Crippen molar-refractivity contribution < 1.29 is 14.2 Å². The molecule has 0 saturated carbocycles. The van der Waals surface area contributed by atoms with Gasteiger partial charge < -0.3 is 19.5 Å². The van der Waals surface area contributed by atoms with Crippen LogP contribution in [-0.2, 0) is 20.6 Å². The second-order valence-electron chi connectivity index (χ2n) is 4.41. The van der Waals surface area contributed by atoms with E-state index in [4.69, 9.17) is 14.2 Å². The summed E-state index contributed by atoms with van der Waals surface area (Å²) >= 11 is 1.75. The molecule has 1 heterocycles. The van der Waals surface area contributed by atoms with Crippen LogP contribution in [0, 0.1) is 0 Å². The highest BCUT2D eigenvalue weighted by atomic mass is 32.1. The molecule has 0 aliphatic heterocycles. The molecule has 0 radical (unpaired) electrons. The molecule has 0 amide bonds. The molecule has 0 aliphatic carbocycles. The van der Waals surface area contributed by atoms with E-state index >= 15 is 0 Å². The van der Waals surface area contributed by atoms with E-state index in [0.29, 0.717) is 32.5 Å². The summed E-state index contributed by atoms with van der Waals surface area (Å²) in [6.07, 6.45) is 1.07. The predicted octanol–water partition coefficient (Wildman–Crippen LogP) is 1.95. The Hall–Kier alpha value is -0.460. The first-order valence-electron chi connectivity index (χ1n) is 6.72. The topological polar surface area (TPSA) is 39.7 Å². The lowest BCUT2D eigenvalue weighted by atomic mass is 10.1. The fraction of sp³-hybridized carbons (Fsp3) is 0.714. The lowest BCUT2D eigenvalue weighted by Crippen LogP contribution is -2.31. The van der Waals surface area contributed by atoms with Gasteiger partial charge in [-0.15, -0.1) is 0 Å². The lowest BCUT2D eigenvalue weighted by Gasteiger charge is -2.13. The minimum atomic E-state index is 0.483. The Morgan fingerprint density at radius 3 is 2.58 bits per heavy atom. The molecule has 0 aromatic carbocycles.